The average molecular weight is 488 g/mol. The fourth-order valence-corrected chi connectivity index (χ4v) is 2.71. The highest BCUT2D eigenvalue weighted by molar-refractivity contribution is 14.1. The Hall–Kier alpha value is -3.07. The van der Waals surface area contributed by atoms with Crippen LogP contribution in [0.25, 0.3) is 6.08 Å². The number of hydrogen-bond donors (Lipinski definition) is 2. The van der Waals surface area contributed by atoms with E-state index in [1.807, 2.05) is 12.1 Å². The Kier molecular flexibility index (Phi) is 6.49. The Morgan fingerprint density at radius 2 is 1.75 bits per heavy atom. The number of methoxy groups -OCH3 is 1. The molecule has 2 amide bonds. The number of carbonyl (C=O) groups is 2. The molecular formula is C21H17IN2O4. The number of furan rings is 1. The lowest BCUT2D eigenvalue weighted by atomic mass is 10.1. The van der Waals surface area contributed by atoms with Crippen LogP contribution in [0.1, 0.15) is 16.1 Å². The van der Waals surface area contributed by atoms with E-state index >= 15 is 0 Å². The summed E-state index contributed by atoms with van der Waals surface area (Å²) in [5, 5.41) is 5.39. The molecule has 0 aliphatic heterocycles. The minimum atomic E-state index is -0.512. The molecule has 2 N–H and O–H groups in total. The smallest absolute Gasteiger partial charge is 0.291 e. The normalized spacial score (nSPS) is 11.0. The van der Waals surface area contributed by atoms with Gasteiger partial charge in [0.1, 0.15) is 11.4 Å². The van der Waals surface area contributed by atoms with E-state index in [2.05, 4.69) is 33.2 Å². The molecule has 2 aromatic carbocycles. The Balaban J connectivity index is 1.85. The Labute approximate surface area is 175 Å². The third-order valence-corrected chi connectivity index (χ3v) is 4.49. The van der Waals surface area contributed by atoms with Gasteiger partial charge in [-0.3, -0.25) is 9.59 Å². The first-order valence-corrected chi connectivity index (χ1v) is 9.40. The van der Waals surface area contributed by atoms with E-state index in [1.54, 1.807) is 55.7 Å². The average Bonchev–Trinajstić information content (AvgIpc) is 3.25. The Morgan fingerprint density at radius 1 is 1.04 bits per heavy atom. The van der Waals surface area contributed by atoms with Crippen LogP contribution in [0.5, 0.6) is 5.75 Å². The summed E-state index contributed by atoms with van der Waals surface area (Å²) in [5.41, 5.74) is 1.44. The van der Waals surface area contributed by atoms with Gasteiger partial charge in [-0.1, -0.05) is 12.1 Å². The second-order valence-electron chi connectivity index (χ2n) is 5.72. The van der Waals surface area contributed by atoms with E-state index in [0.29, 0.717) is 11.4 Å². The number of nitrogens with one attached hydrogen (secondary N) is 2. The molecule has 3 aromatic rings. The Morgan fingerprint density at radius 3 is 2.36 bits per heavy atom. The topological polar surface area (TPSA) is 80.6 Å². The van der Waals surface area contributed by atoms with Gasteiger partial charge < -0.3 is 19.8 Å². The van der Waals surface area contributed by atoms with Gasteiger partial charge in [0, 0.05) is 9.26 Å². The van der Waals surface area contributed by atoms with Gasteiger partial charge in [-0.2, -0.15) is 0 Å². The molecule has 1 aromatic heterocycles. The van der Waals surface area contributed by atoms with Crippen LogP contribution < -0.4 is 15.4 Å². The molecule has 0 aliphatic rings. The molecule has 0 spiro atoms. The number of ether oxygens (including phenoxy) is 1. The number of carbonyl (C=O) groups excluding carboxylic acids is 2. The first-order chi connectivity index (χ1) is 13.5. The second-order valence-corrected chi connectivity index (χ2v) is 6.97. The minimum Gasteiger partial charge on any atom is -0.497 e. The highest BCUT2D eigenvalue weighted by atomic mass is 127. The summed E-state index contributed by atoms with van der Waals surface area (Å²) >= 11 is 2.18. The van der Waals surface area contributed by atoms with Crippen molar-refractivity contribution in [2.75, 3.05) is 12.4 Å². The van der Waals surface area contributed by atoms with Crippen LogP contribution in [0.4, 0.5) is 5.69 Å². The predicted octanol–water partition coefficient (Wildman–Crippen LogP) is 4.30. The standard InChI is InChI=1S/C21H17IN2O4/c1-27-17-10-4-14(5-11-17)13-18(24-21(26)19-3-2-12-28-19)20(25)23-16-8-6-15(22)7-9-16/h2-13H,1H3,(H,23,25)(H,24,26)/b18-13+. The number of amides is 2. The molecule has 28 heavy (non-hydrogen) atoms. The summed E-state index contributed by atoms with van der Waals surface area (Å²) in [6.45, 7) is 0. The van der Waals surface area contributed by atoms with Crippen molar-refractivity contribution in [1.82, 2.24) is 5.32 Å². The van der Waals surface area contributed by atoms with Gasteiger partial charge in [0.2, 0.25) is 0 Å². The summed E-state index contributed by atoms with van der Waals surface area (Å²) < 4.78 is 11.3. The molecular weight excluding hydrogens is 471 g/mol. The molecule has 0 saturated heterocycles. The summed E-state index contributed by atoms with van der Waals surface area (Å²) in [5.74, 6) is -0.149. The highest BCUT2D eigenvalue weighted by Gasteiger charge is 2.16. The summed E-state index contributed by atoms with van der Waals surface area (Å²) in [6, 6.07) is 17.6. The molecule has 1 heterocycles. The van der Waals surface area contributed by atoms with E-state index in [1.165, 1.54) is 12.3 Å². The van der Waals surface area contributed by atoms with Gasteiger partial charge in [-0.15, -0.1) is 0 Å². The monoisotopic (exact) mass is 488 g/mol. The van der Waals surface area contributed by atoms with Crippen LogP contribution in [-0.4, -0.2) is 18.9 Å². The molecule has 7 heteroatoms. The van der Waals surface area contributed by atoms with Crippen LogP contribution in [0, 0.1) is 3.57 Å². The quantitative estimate of drug-likeness (QED) is 0.401. The van der Waals surface area contributed by atoms with Gasteiger partial charge in [0.05, 0.1) is 13.4 Å². The first-order valence-electron chi connectivity index (χ1n) is 8.32. The van der Waals surface area contributed by atoms with Crippen LogP contribution in [-0.2, 0) is 4.79 Å². The summed E-state index contributed by atoms with van der Waals surface area (Å²) in [4.78, 5) is 25.1. The zero-order valence-electron chi connectivity index (χ0n) is 14.9. The minimum absolute atomic E-state index is 0.0881. The predicted molar refractivity (Wildman–Crippen MR) is 115 cm³/mol. The maximum Gasteiger partial charge on any atom is 0.291 e. The van der Waals surface area contributed by atoms with Crippen molar-refractivity contribution < 1.29 is 18.7 Å². The van der Waals surface area contributed by atoms with E-state index in [4.69, 9.17) is 9.15 Å². The van der Waals surface area contributed by atoms with Crippen LogP contribution in [0.3, 0.4) is 0 Å². The van der Waals surface area contributed by atoms with Gasteiger partial charge in [0.25, 0.3) is 11.8 Å². The van der Waals surface area contributed by atoms with E-state index in [9.17, 15) is 9.59 Å². The van der Waals surface area contributed by atoms with Gasteiger partial charge in [-0.25, -0.2) is 0 Å². The third-order valence-electron chi connectivity index (χ3n) is 3.77. The number of anilines is 1. The van der Waals surface area contributed by atoms with Crippen molar-refractivity contribution in [2.24, 2.45) is 0 Å². The lowest BCUT2D eigenvalue weighted by Crippen LogP contribution is -2.30. The number of hydrogen-bond acceptors (Lipinski definition) is 4. The lowest BCUT2D eigenvalue weighted by Gasteiger charge is -2.11. The van der Waals surface area contributed by atoms with Crippen molar-refractivity contribution in [3.63, 3.8) is 0 Å². The van der Waals surface area contributed by atoms with Crippen LogP contribution >= 0.6 is 22.6 Å². The largest absolute Gasteiger partial charge is 0.497 e. The van der Waals surface area contributed by atoms with Crippen molar-refractivity contribution in [3.05, 3.63) is 87.5 Å². The lowest BCUT2D eigenvalue weighted by molar-refractivity contribution is -0.113. The zero-order chi connectivity index (χ0) is 19.9. The van der Waals surface area contributed by atoms with Crippen molar-refractivity contribution in [3.8, 4) is 5.75 Å². The maximum atomic E-state index is 12.8. The van der Waals surface area contributed by atoms with Crippen molar-refractivity contribution >= 4 is 46.2 Å². The molecule has 0 atom stereocenters. The molecule has 142 valence electrons. The molecule has 0 saturated carbocycles. The first kappa shape index (κ1) is 19.7. The molecule has 0 bridgehead atoms. The highest BCUT2D eigenvalue weighted by Crippen LogP contribution is 2.16. The summed E-state index contributed by atoms with van der Waals surface area (Å²) in [7, 11) is 1.58. The Bertz CT molecular complexity index is 978. The molecule has 3 rings (SSSR count). The molecule has 0 radical (unpaired) electrons. The van der Waals surface area contributed by atoms with Crippen molar-refractivity contribution in [1.29, 1.82) is 0 Å². The number of halogens is 1. The van der Waals surface area contributed by atoms with Gasteiger partial charge in [-0.05, 0) is 82.8 Å². The molecule has 6 nitrogen and oxygen atoms in total. The second kappa shape index (κ2) is 9.23. The maximum absolute atomic E-state index is 12.8. The fraction of sp³-hybridized carbons (Fsp3) is 0.0476. The summed E-state index contributed by atoms with van der Waals surface area (Å²) in [6.07, 6.45) is 2.98. The number of benzene rings is 2. The molecule has 0 aliphatic carbocycles. The zero-order valence-corrected chi connectivity index (χ0v) is 17.1. The van der Waals surface area contributed by atoms with Crippen LogP contribution in [0.2, 0.25) is 0 Å². The fourth-order valence-electron chi connectivity index (χ4n) is 2.35. The van der Waals surface area contributed by atoms with E-state index < -0.39 is 11.8 Å². The van der Waals surface area contributed by atoms with E-state index in [0.717, 1.165) is 9.13 Å². The molecule has 0 unspecified atom stereocenters. The van der Waals surface area contributed by atoms with E-state index in [-0.39, 0.29) is 11.5 Å². The molecule has 0 fully saturated rings. The van der Waals surface area contributed by atoms with Gasteiger partial charge in [0.15, 0.2) is 5.76 Å². The third kappa shape index (κ3) is 5.23. The van der Waals surface area contributed by atoms with Crippen LogP contribution in [0.15, 0.2) is 77.0 Å². The number of rotatable bonds is 6. The SMILES string of the molecule is COc1ccc(/C=C(/NC(=O)c2ccco2)C(=O)Nc2ccc(I)cc2)cc1. The van der Waals surface area contributed by atoms with Gasteiger partial charge >= 0.3 is 0 Å². The van der Waals surface area contributed by atoms with Crippen molar-refractivity contribution in [2.45, 2.75) is 0 Å².